The van der Waals surface area contributed by atoms with Gasteiger partial charge in [-0.3, -0.25) is 9.78 Å². The number of fused-ring (bicyclic) bond motifs is 4. The van der Waals surface area contributed by atoms with Gasteiger partial charge in [0.05, 0.1) is 24.4 Å². The molecule has 2 aromatic heterocycles. The second-order valence-electron chi connectivity index (χ2n) is 5.95. The van der Waals surface area contributed by atoms with Gasteiger partial charge in [-0.2, -0.15) is 10.2 Å². The van der Waals surface area contributed by atoms with Crippen LogP contribution in [0.5, 0.6) is 5.75 Å². The first kappa shape index (κ1) is 14.3. The highest BCUT2D eigenvalue weighted by Gasteiger charge is 2.13. The minimum absolute atomic E-state index is 0.119. The highest BCUT2D eigenvalue weighted by atomic mass is 16.5. The zero-order valence-corrected chi connectivity index (χ0v) is 13.2. The summed E-state index contributed by atoms with van der Waals surface area (Å²) in [6, 6.07) is 6.03. The van der Waals surface area contributed by atoms with Crippen LogP contribution in [-0.4, -0.2) is 39.3 Å². The Hall–Kier alpha value is -2.34. The SMILES string of the molecule is C[C@H]1CCOCCCn2cc(cn2)-c2n[nH]c3ccc(cc23)O1. The van der Waals surface area contributed by atoms with Crippen molar-refractivity contribution in [1.29, 1.82) is 0 Å². The average Bonchev–Trinajstić information content (AvgIpc) is 3.16. The maximum absolute atomic E-state index is 6.01. The van der Waals surface area contributed by atoms with Crippen molar-refractivity contribution in [2.45, 2.75) is 32.4 Å². The first-order chi connectivity index (χ1) is 11.3. The molecule has 1 N–H and O–H groups in total. The largest absolute Gasteiger partial charge is 0.491 e. The number of nitrogens with zero attached hydrogens (tertiary/aromatic N) is 3. The normalized spacial score (nSPS) is 19.3. The summed E-state index contributed by atoms with van der Waals surface area (Å²) in [6.07, 6.45) is 5.83. The number of benzene rings is 1. The van der Waals surface area contributed by atoms with Crippen LogP contribution in [0.1, 0.15) is 19.8 Å². The molecule has 1 aromatic carbocycles. The van der Waals surface area contributed by atoms with Crippen molar-refractivity contribution in [3.63, 3.8) is 0 Å². The first-order valence-electron chi connectivity index (χ1n) is 8.05. The lowest BCUT2D eigenvalue weighted by Gasteiger charge is -2.15. The molecule has 0 amide bonds. The van der Waals surface area contributed by atoms with Gasteiger partial charge >= 0.3 is 0 Å². The molecule has 4 bridgehead atoms. The van der Waals surface area contributed by atoms with Crippen LogP contribution in [0.25, 0.3) is 22.2 Å². The zero-order valence-electron chi connectivity index (χ0n) is 13.2. The van der Waals surface area contributed by atoms with Crippen LogP contribution in [0, 0.1) is 0 Å². The van der Waals surface area contributed by atoms with Crippen molar-refractivity contribution >= 4 is 10.9 Å². The van der Waals surface area contributed by atoms with Crippen LogP contribution < -0.4 is 4.74 Å². The lowest BCUT2D eigenvalue weighted by Crippen LogP contribution is -2.15. The molecule has 0 fully saturated rings. The minimum atomic E-state index is 0.119. The van der Waals surface area contributed by atoms with Crippen molar-refractivity contribution in [2.24, 2.45) is 0 Å². The van der Waals surface area contributed by atoms with Crippen molar-refractivity contribution in [2.75, 3.05) is 13.2 Å². The van der Waals surface area contributed by atoms with E-state index in [1.165, 1.54) is 0 Å². The van der Waals surface area contributed by atoms with Gasteiger partial charge in [-0.05, 0) is 31.5 Å². The fourth-order valence-corrected chi connectivity index (χ4v) is 2.87. The molecule has 0 unspecified atom stereocenters. The first-order valence-corrected chi connectivity index (χ1v) is 8.05. The number of hydrogen-bond acceptors (Lipinski definition) is 4. The molecular weight excluding hydrogens is 292 g/mol. The molecule has 0 aliphatic carbocycles. The molecule has 3 aromatic rings. The number of H-pyrrole nitrogens is 1. The van der Waals surface area contributed by atoms with Gasteiger partial charge in [0, 0.05) is 36.7 Å². The average molecular weight is 312 g/mol. The molecule has 0 saturated carbocycles. The van der Waals surface area contributed by atoms with Gasteiger partial charge in [0.25, 0.3) is 0 Å². The second kappa shape index (κ2) is 6.04. The van der Waals surface area contributed by atoms with Gasteiger partial charge in [-0.25, -0.2) is 0 Å². The number of aryl methyl sites for hydroxylation is 1. The van der Waals surface area contributed by atoms with E-state index in [0.29, 0.717) is 6.61 Å². The van der Waals surface area contributed by atoms with E-state index in [4.69, 9.17) is 9.47 Å². The summed E-state index contributed by atoms with van der Waals surface area (Å²) in [5.74, 6) is 0.856. The van der Waals surface area contributed by atoms with Crippen LogP contribution in [-0.2, 0) is 11.3 Å². The molecule has 3 heterocycles. The highest BCUT2D eigenvalue weighted by molar-refractivity contribution is 5.93. The van der Waals surface area contributed by atoms with Crippen molar-refractivity contribution < 1.29 is 9.47 Å². The molecule has 1 atom stereocenters. The van der Waals surface area contributed by atoms with Crippen LogP contribution in [0.4, 0.5) is 0 Å². The third kappa shape index (κ3) is 2.94. The predicted molar refractivity (Wildman–Crippen MR) is 87.5 cm³/mol. The number of aromatic amines is 1. The summed E-state index contributed by atoms with van der Waals surface area (Å²) in [4.78, 5) is 0. The molecule has 6 nitrogen and oxygen atoms in total. The molecule has 4 rings (SSSR count). The van der Waals surface area contributed by atoms with Gasteiger partial charge in [0.1, 0.15) is 11.4 Å². The number of aromatic nitrogens is 4. The van der Waals surface area contributed by atoms with Crippen LogP contribution in [0.15, 0.2) is 30.6 Å². The Kier molecular flexibility index (Phi) is 3.75. The maximum atomic E-state index is 6.01. The lowest BCUT2D eigenvalue weighted by atomic mass is 10.1. The van der Waals surface area contributed by atoms with E-state index in [0.717, 1.165) is 53.9 Å². The van der Waals surface area contributed by atoms with E-state index in [9.17, 15) is 0 Å². The maximum Gasteiger partial charge on any atom is 0.120 e. The molecule has 6 heteroatoms. The third-order valence-electron chi connectivity index (χ3n) is 4.12. The van der Waals surface area contributed by atoms with Crippen LogP contribution in [0.2, 0.25) is 0 Å². The summed E-state index contributed by atoms with van der Waals surface area (Å²) in [5, 5.41) is 13.0. The molecular formula is C17H20N4O2. The molecule has 0 saturated heterocycles. The van der Waals surface area contributed by atoms with E-state index >= 15 is 0 Å². The van der Waals surface area contributed by atoms with E-state index in [1.807, 2.05) is 35.3 Å². The highest BCUT2D eigenvalue weighted by Crippen LogP contribution is 2.29. The molecule has 23 heavy (non-hydrogen) atoms. The van der Waals surface area contributed by atoms with Gasteiger partial charge in [0.15, 0.2) is 0 Å². The van der Waals surface area contributed by atoms with Crippen LogP contribution in [0.3, 0.4) is 0 Å². The predicted octanol–water partition coefficient (Wildman–Crippen LogP) is 3.00. The monoisotopic (exact) mass is 312 g/mol. The Labute approximate surface area is 134 Å². The summed E-state index contributed by atoms with van der Waals surface area (Å²) < 4.78 is 13.6. The quantitative estimate of drug-likeness (QED) is 0.693. The van der Waals surface area contributed by atoms with E-state index in [1.54, 1.807) is 0 Å². The summed E-state index contributed by atoms with van der Waals surface area (Å²) in [5.41, 5.74) is 2.92. The molecule has 0 radical (unpaired) electrons. The molecule has 1 aliphatic rings. The van der Waals surface area contributed by atoms with E-state index in [2.05, 4.69) is 22.2 Å². The zero-order chi connectivity index (χ0) is 15.6. The van der Waals surface area contributed by atoms with Gasteiger partial charge in [-0.1, -0.05) is 0 Å². The Morgan fingerprint density at radius 1 is 1.30 bits per heavy atom. The fourth-order valence-electron chi connectivity index (χ4n) is 2.87. The number of nitrogens with one attached hydrogen (secondary N) is 1. The van der Waals surface area contributed by atoms with E-state index in [-0.39, 0.29) is 6.10 Å². The van der Waals surface area contributed by atoms with Gasteiger partial charge < -0.3 is 9.47 Å². The van der Waals surface area contributed by atoms with Gasteiger partial charge in [-0.15, -0.1) is 0 Å². The van der Waals surface area contributed by atoms with Crippen LogP contribution >= 0.6 is 0 Å². The van der Waals surface area contributed by atoms with Gasteiger partial charge in [0.2, 0.25) is 0 Å². The van der Waals surface area contributed by atoms with E-state index < -0.39 is 0 Å². The summed E-state index contributed by atoms with van der Waals surface area (Å²) in [6.45, 7) is 4.37. The van der Waals surface area contributed by atoms with Crippen molar-refractivity contribution in [1.82, 2.24) is 20.0 Å². The number of rotatable bonds is 0. The summed E-state index contributed by atoms with van der Waals surface area (Å²) >= 11 is 0. The Morgan fingerprint density at radius 2 is 2.26 bits per heavy atom. The Bertz CT molecular complexity index is 808. The molecule has 120 valence electrons. The smallest absolute Gasteiger partial charge is 0.120 e. The lowest BCUT2D eigenvalue weighted by molar-refractivity contribution is 0.0940. The molecule has 0 spiro atoms. The third-order valence-corrected chi connectivity index (χ3v) is 4.12. The minimum Gasteiger partial charge on any atom is -0.491 e. The van der Waals surface area contributed by atoms with Crippen molar-refractivity contribution in [3.8, 4) is 17.0 Å². The summed E-state index contributed by atoms with van der Waals surface area (Å²) in [7, 11) is 0. The molecule has 1 aliphatic heterocycles. The number of hydrogen-bond donors (Lipinski definition) is 1. The number of ether oxygens (including phenoxy) is 2. The standard InChI is InChI=1S/C17H20N4O2/c1-12-5-8-22-7-2-6-21-11-13(10-18-21)17-15-9-14(23-12)3-4-16(15)19-20-17/h3-4,9-12H,2,5-8H2,1H3,(H,19,20)/t12-/m0/s1. The fraction of sp³-hybridized carbons (Fsp3) is 0.412. The van der Waals surface area contributed by atoms with Crippen molar-refractivity contribution in [3.05, 3.63) is 30.6 Å². The second-order valence-corrected chi connectivity index (χ2v) is 5.95. The topological polar surface area (TPSA) is 65.0 Å². The Balaban J connectivity index is 1.76. The Morgan fingerprint density at radius 3 is 3.22 bits per heavy atom.